The van der Waals surface area contributed by atoms with E-state index in [4.69, 9.17) is 9.84 Å². The first kappa shape index (κ1) is 42.2. The number of ether oxygens (including phenoxy) is 1. The van der Waals surface area contributed by atoms with Gasteiger partial charge in [-0.15, -0.1) is 13.2 Å². The molecule has 0 bridgehead atoms. The van der Waals surface area contributed by atoms with Crippen molar-refractivity contribution in [2.45, 2.75) is 20.4 Å². The second-order valence-electron chi connectivity index (χ2n) is 10.7. The molecular formula is C37H51N5O4S2. The van der Waals surface area contributed by atoms with Gasteiger partial charge in [0.15, 0.2) is 0 Å². The van der Waals surface area contributed by atoms with Gasteiger partial charge in [0.2, 0.25) is 0 Å². The van der Waals surface area contributed by atoms with E-state index in [0.717, 1.165) is 30.8 Å². The Balaban J connectivity index is 0.00000565. The van der Waals surface area contributed by atoms with Crippen LogP contribution in [0.1, 0.15) is 28.4 Å². The average molecular weight is 694 g/mol. The van der Waals surface area contributed by atoms with Crippen molar-refractivity contribution in [3.8, 4) is 0 Å². The first-order chi connectivity index (χ1) is 23.0. The third-order valence-electron chi connectivity index (χ3n) is 6.56. The van der Waals surface area contributed by atoms with E-state index in [0.29, 0.717) is 45.5 Å². The van der Waals surface area contributed by atoms with E-state index in [1.165, 1.54) is 26.5 Å². The van der Waals surface area contributed by atoms with Gasteiger partial charge in [-0.2, -0.15) is 0 Å². The maximum atomic E-state index is 13.5. The van der Waals surface area contributed by atoms with Crippen molar-refractivity contribution in [1.82, 2.24) is 9.80 Å². The first-order valence-corrected chi connectivity index (χ1v) is 17.8. The third kappa shape index (κ3) is 15.4. The zero-order chi connectivity index (χ0) is 36.1. The second kappa shape index (κ2) is 23.5. The summed E-state index contributed by atoms with van der Waals surface area (Å²) >= 11 is 0. The number of aliphatic imine (C=N–C) groups is 1. The number of nitrogens with zero attached hydrogens (tertiary/aromatic N) is 4. The number of likely N-dealkylation sites (N-methyl/N-ethyl adjacent to an activating group) is 2. The van der Waals surface area contributed by atoms with Crippen molar-refractivity contribution in [1.29, 1.82) is 0 Å². The van der Waals surface area contributed by atoms with E-state index < -0.39 is 6.09 Å². The number of nitrogens with one attached hydrogen (secondary N) is 1. The van der Waals surface area contributed by atoms with Crippen LogP contribution in [0.4, 0.5) is 16.2 Å². The molecule has 0 fully saturated rings. The van der Waals surface area contributed by atoms with Crippen molar-refractivity contribution in [2.24, 2.45) is 4.99 Å². The molecule has 0 atom stereocenters. The molecule has 2 N–H and O–H groups in total. The van der Waals surface area contributed by atoms with Crippen LogP contribution in [0.2, 0.25) is 0 Å². The number of aliphatic hydroxyl groups excluding tert-OH is 1. The number of anilines is 2. The number of rotatable bonds is 18. The van der Waals surface area contributed by atoms with Crippen molar-refractivity contribution in [3.63, 3.8) is 0 Å². The molecule has 0 aliphatic carbocycles. The molecule has 2 aromatic carbocycles. The number of hydrogen-bond acceptors (Lipinski definition) is 9. The highest BCUT2D eigenvalue weighted by Crippen LogP contribution is 2.27. The van der Waals surface area contributed by atoms with Crippen LogP contribution < -0.4 is 10.2 Å². The topological polar surface area (TPSA) is 97.7 Å². The Morgan fingerprint density at radius 1 is 1.02 bits per heavy atom. The lowest BCUT2D eigenvalue weighted by Crippen LogP contribution is -2.37. The summed E-state index contributed by atoms with van der Waals surface area (Å²) in [5, 5.41) is 11.9. The Bertz CT molecular complexity index is 1420. The molecule has 0 radical (unpaired) electrons. The van der Waals surface area contributed by atoms with Gasteiger partial charge in [0, 0.05) is 42.4 Å². The Hall–Kier alpha value is -3.87. The number of benzene rings is 2. The first-order valence-electron chi connectivity index (χ1n) is 15.4. The molecule has 0 saturated heterocycles. The fraction of sp³-hybridized carbons (Fsp3) is 0.324. The molecule has 260 valence electrons. The van der Waals surface area contributed by atoms with Crippen LogP contribution in [0.15, 0.2) is 110 Å². The van der Waals surface area contributed by atoms with E-state index >= 15 is 0 Å². The number of amidine groups is 1. The van der Waals surface area contributed by atoms with E-state index in [1.54, 1.807) is 37.3 Å². The van der Waals surface area contributed by atoms with Crippen LogP contribution in [0.5, 0.6) is 0 Å². The summed E-state index contributed by atoms with van der Waals surface area (Å²) in [5.74, 6) is 1.20. The SMILES string of the molecule is C=C.C=C/C=C\C(=C)C(=C)N=C(C)N(C(=O)OCCSSCCO)c1cc(NC(=O)c2ccc(CN(C)CCN(C)C)cc2)ccc1C. The second-order valence-corrected chi connectivity index (χ2v) is 13.4. The standard InChI is InChI=1S/C35H47N5O4S2.C2H4/c1-9-10-11-26(2)28(4)36-29(5)40(35(43)44-21-23-46-45-22-20-41)33-24-32(17-12-27(33)3)37-34(42)31-15-13-30(14-16-31)25-39(8)19-18-38(6)7;1-2/h9-17,24,41H,1-2,4,18-23,25H2,3,5-8H3,(H,37,42);1-2H2/b11-10-,36-29?;. The Morgan fingerprint density at radius 3 is 2.31 bits per heavy atom. The maximum absolute atomic E-state index is 13.5. The molecular weight excluding hydrogens is 643 g/mol. The van der Waals surface area contributed by atoms with Gasteiger partial charge >= 0.3 is 6.09 Å². The molecule has 0 aromatic heterocycles. The van der Waals surface area contributed by atoms with Crippen molar-refractivity contribution in [2.75, 3.05) is 69.2 Å². The van der Waals surface area contributed by atoms with E-state index in [9.17, 15) is 9.59 Å². The molecule has 0 spiro atoms. The minimum Gasteiger partial charge on any atom is -0.448 e. The zero-order valence-corrected chi connectivity index (χ0v) is 30.7. The molecule has 2 aromatic rings. The predicted octanol–water partition coefficient (Wildman–Crippen LogP) is 7.59. The Morgan fingerprint density at radius 2 is 1.69 bits per heavy atom. The number of amides is 2. The smallest absolute Gasteiger partial charge is 0.419 e. The van der Waals surface area contributed by atoms with Crippen LogP contribution in [-0.2, 0) is 11.3 Å². The van der Waals surface area contributed by atoms with E-state index in [-0.39, 0.29) is 19.1 Å². The van der Waals surface area contributed by atoms with E-state index in [1.807, 2.05) is 37.3 Å². The zero-order valence-electron chi connectivity index (χ0n) is 29.0. The molecule has 0 saturated carbocycles. The number of aliphatic hydroxyl groups is 1. The molecule has 2 amide bonds. The maximum Gasteiger partial charge on any atom is 0.419 e. The van der Waals surface area contributed by atoms with Gasteiger partial charge in [-0.25, -0.2) is 14.7 Å². The summed E-state index contributed by atoms with van der Waals surface area (Å²) < 4.78 is 5.61. The number of hydrogen-bond donors (Lipinski definition) is 2. The molecule has 9 nitrogen and oxygen atoms in total. The molecule has 0 unspecified atom stereocenters. The molecule has 2 rings (SSSR count). The van der Waals surface area contributed by atoms with Gasteiger partial charge in [0.25, 0.3) is 5.91 Å². The number of aryl methyl sites for hydroxylation is 1. The predicted molar refractivity (Wildman–Crippen MR) is 208 cm³/mol. The minimum absolute atomic E-state index is 0.0877. The number of carbonyl (C=O) groups excluding carboxylic acids is 2. The third-order valence-corrected chi connectivity index (χ3v) is 8.91. The van der Waals surface area contributed by atoms with Crippen LogP contribution in [-0.4, -0.2) is 91.7 Å². The fourth-order valence-electron chi connectivity index (χ4n) is 4.04. The van der Waals surface area contributed by atoms with Crippen LogP contribution >= 0.6 is 21.6 Å². The largest absolute Gasteiger partial charge is 0.448 e. The summed E-state index contributed by atoms with van der Waals surface area (Å²) in [6.07, 6.45) is 4.46. The van der Waals surface area contributed by atoms with Gasteiger partial charge < -0.3 is 25.0 Å². The molecule has 0 aliphatic heterocycles. The normalized spacial score (nSPS) is 11.2. The highest BCUT2D eigenvalue weighted by Gasteiger charge is 2.23. The van der Waals surface area contributed by atoms with Gasteiger partial charge in [-0.1, -0.05) is 77.8 Å². The summed E-state index contributed by atoms with van der Waals surface area (Å²) in [4.78, 5) is 37.0. The number of carbonyl (C=O) groups is 2. The van der Waals surface area contributed by atoms with Gasteiger partial charge in [-0.05, 0) is 76.0 Å². The molecule has 0 heterocycles. The fourth-order valence-corrected chi connectivity index (χ4v) is 5.64. The average Bonchev–Trinajstić information content (AvgIpc) is 3.06. The van der Waals surface area contributed by atoms with Gasteiger partial charge in [-0.3, -0.25) is 4.79 Å². The van der Waals surface area contributed by atoms with E-state index in [2.05, 4.69) is 74.1 Å². The summed E-state index contributed by atoms with van der Waals surface area (Å²) in [7, 11) is 9.20. The van der Waals surface area contributed by atoms with Gasteiger partial charge in [0.1, 0.15) is 12.4 Å². The highest BCUT2D eigenvalue weighted by atomic mass is 33.1. The lowest BCUT2D eigenvalue weighted by Gasteiger charge is -2.24. The molecule has 0 aliphatic rings. The van der Waals surface area contributed by atoms with Crippen molar-refractivity contribution < 1.29 is 19.4 Å². The summed E-state index contributed by atoms with van der Waals surface area (Å²) in [5.41, 5.74) is 4.37. The number of allylic oxidation sites excluding steroid dienone is 3. The van der Waals surface area contributed by atoms with Crippen LogP contribution in [0.3, 0.4) is 0 Å². The summed E-state index contributed by atoms with van der Waals surface area (Å²) in [6.45, 7) is 24.2. The Kier molecular flexibility index (Phi) is 20.6. The molecule has 11 heteroatoms. The van der Waals surface area contributed by atoms with Crippen LogP contribution in [0.25, 0.3) is 0 Å². The quantitative estimate of drug-likeness (QED) is 0.0412. The lowest BCUT2D eigenvalue weighted by molar-refractivity contribution is 0.102. The lowest BCUT2D eigenvalue weighted by atomic mass is 10.1. The van der Waals surface area contributed by atoms with Gasteiger partial charge in [0.05, 0.1) is 18.0 Å². The highest BCUT2D eigenvalue weighted by molar-refractivity contribution is 8.76. The monoisotopic (exact) mass is 693 g/mol. The van der Waals surface area contributed by atoms with Crippen LogP contribution in [0, 0.1) is 6.92 Å². The minimum atomic E-state index is -0.619. The summed E-state index contributed by atoms with van der Waals surface area (Å²) in [6, 6.07) is 12.9. The Labute approximate surface area is 295 Å². The van der Waals surface area contributed by atoms with Crippen molar-refractivity contribution in [3.05, 3.63) is 122 Å². The molecule has 48 heavy (non-hydrogen) atoms. The van der Waals surface area contributed by atoms with Crippen molar-refractivity contribution >= 4 is 50.8 Å².